The first-order valence-electron chi connectivity index (χ1n) is 8.97. The standard InChI is InChI=1S/C22H26N2O/c1-17-9-7-13-19(15-17)20-16-22(2,3)24(23-20)21(25)14-8-12-18-10-5-4-6-11-18/h4-7,9-11,13,15H,8,12,14,16H2,1-3H3. The molecule has 0 radical (unpaired) electrons. The van der Waals surface area contributed by atoms with Crippen molar-refractivity contribution in [2.45, 2.75) is 52.0 Å². The van der Waals surface area contributed by atoms with E-state index in [9.17, 15) is 4.79 Å². The summed E-state index contributed by atoms with van der Waals surface area (Å²) in [6, 6.07) is 18.7. The minimum absolute atomic E-state index is 0.114. The van der Waals surface area contributed by atoms with E-state index in [1.165, 1.54) is 11.1 Å². The van der Waals surface area contributed by atoms with Crippen molar-refractivity contribution in [2.75, 3.05) is 0 Å². The van der Waals surface area contributed by atoms with Crippen LogP contribution in [0.2, 0.25) is 0 Å². The fourth-order valence-electron chi connectivity index (χ4n) is 3.35. The molecule has 0 aliphatic carbocycles. The van der Waals surface area contributed by atoms with Gasteiger partial charge in [0, 0.05) is 12.8 Å². The largest absolute Gasteiger partial charge is 0.273 e. The van der Waals surface area contributed by atoms with Crippen molar-refractivity contribution >= 4 is 11.6 Å². The molecule has 25 heavy (non-hydrogen) atoms. The van der Waals surface area contributed by atoms with E-state index in [0.29, 0.717) is 6.42 Å². The Hall–Kier alpha value is -2.42. The quantitative estimate of drug-likeness (QED) is 0.778. The van der Waals surface area contributed by atoms with E-state index in [0.717, 1.165) is 30.5 Å². The van der Waals surface area contributed by atoms with Crippen LogP contribution in [0.15, 0.2) is 59.7 Å². The zero-order valence-electron chi connectivity index (χ0n) is 15.3. The highest BCUT2D eigenvalue weighted by Gasteiger charge is 2.38. The second-order valence-corrected chi connectivity index (χ2v) is 7.45. The van der Waals surface area contributed by atoms with Crippen molar-refractivity contribution in [1.82, 2.24) is 5.01 Å². The molecule has 0 saturated carbocycles. The molecule has 0 saturated heterocycles. The number of rotatable bonds is 5. The monoisotopic (exact) mass is 334 g/mol. The van der Waals surface area contributed by atoms with E-state index in [1.54, 1.807) is 5.01 Å². The Bertz CT molecular complexity index is 778. The van der Waals surface area contributed by atoms with Crippen LogP contribution in [0.5, 0.6) is 0 Å². The van der Waals surface area contributed by atoms with Gasteiger partial charge in [0.15, 0.2) is 0 Å². The summed E-state index contributed by atoms with van der Waals surface area (Å²) < 4.78 is 0. The lowest BCUT2D eigenvalue weighted by molar-refractivity contribution is -0.135. The van der Waals surface area contributed by atoms with Gasteiger partial charge in [0.05, 0.1) is 11.3 Å². The summed E-state index contributed by atoms with van der Waals surface area (Å²) in [4.78, 5) is 12.7. The predicted octanol–water partition coefficient (Wildman–Crippen LogP) is 4.73. The van der Waals surface area contributed by atoms with Crippen LogP contribution in [-0.4, -0.2) is 22.2 Å². The third-order valence-electron chi connectivity index (χ3n) is 4.68. The van der Waals surface area contributed by atoms with E-state index >= 15 is 0 Å². The first-order valence-corrected chi connectivity index (χ1v) is 8.97. The van der Waals surface area contributed by atoms with Crippen LogP contribution < -0.4 is 0 Å². The molecule has 0 atom stereocenters. The molecule has 3 nitrogen and oxygen atoms in total. The van der Waals surface area contributed by atoms with Gasteiger partial charge in [-0.2, -0.15) is 5.10 Å². The summed E-state index contributed by atoms with van der Waals surface area (Å²) in [6.45, 7) is 6.26. The van der Waals surface area contributed by atoms with Gasteiger partial charge in [0.2, 0.25) is 5.91 Å². The lowest BCUT2D eigenvalue weighted by atomic mass is 9.94. The topological polar surface area (TPSA) is 32.7 Å². The number of hydrazone groups is 1. The second kappa shape index (κ2) is 7.22. The zero-order valence-corrected chi connectivity index (χ0v) is 15.3. The van der Waals surface area contributed by atoms with Crippen LogP contribution in [-0.2, 0) is 11.2 Å². The van der Waals surface area contributed by atoms with Crippen molar-refractivity contribution in [1.29, 1.82) is 0 Å². The fourth-order valence-corrected chi connectivity index (χ4v) is 3.35. The molecule has 0 spiro atoms. The number of carbonyl (C=O) groups is 1. The molecule has 0 aromatic heterocycles. The van der Waals surface area contributed by atoms with Crippen LogP contribution in [0, 0.1) is 6.92 Å². The van der Waals surface area contributed by atoms with E-state index in [1.807, 2.05) is 24.3 Å². The fraction of sp³-hybridized carbons (Fsp3) is 0.364. The SMILES string of the molecule is Cc1cccc(C2=NN(C(=O)CCCc3ccccc3)C(C)(C)C2)c1. The maximum atomic E-state index is 12.7. The van der Waals surface area contributed by atoms with Crippen molar-refractivity contribution in [3.63, 3.8) is 0 Å². The smallest absolute Gasteiger partial charge is 0.243 e. The highest BCUT2D eigenvalue weighted by molar-refractivity contribution is 6.03. The van der Waals surface area contributed by atoms with Gasteiger partial charge in [-0.15, -0.1) is 0 Å². The molecule has 3 rings (SSSR count). The van der Waals surface area contributed by atoms with Gasteiger partial charge in [-0.05, 0) is 44.7 Å². The van der Waals surface area contributed by atoms with Crippen LogP contribution >= 0.6 is 0 Å². The Morgan fingerprint density at radius 1 is 1.12 bits per heavy atom. The summed E-state index contributed by atoms with van der Waals surface area (Å²) in [7, 11) is 0. The molecule has 1 amide bonds. The van der Waals surface area contributed by atoms with Gasteiger partial charge < -0.3 is 0 Å². The van der Waals surface area contributed by atoms with E-state index in [2.05, 4.69) is 56.2 Å². The molecule has 2 aromatic rings. The molecule has 1 aliphatic heterocycles. The second-order valence-electron chi connectivity index (χ2n) is 7.45. The van der Waals surface area contributed by atoms with E-state index < -0.39 is 0 Å². The lowest BCUT2D eigenvalue weighted by Gasteiger charge is -2.28. The molecule has 2 aromatic carbocycles. The number of amides is 1. The van der Waals surface area contributed by atoms with Crippen molar-refractivity contribution in [2.24, 2.45) is 5.10 Å². The van der Waals surface area contributed by atoms with Gasteiger partial charge in [-0.25, -0.2) is 5.01 Å². The van der Waals surface area contributed by atoms with E-state index in [-0.39, 0.29) is 11.4 Å². The molecule has 1 aliphatic rings. The minimum Gasteiger partial charge on any atom is -0.273 e. The van der Waals surface area contributed by atoms with E-state index in [4.69, 9.17) is 0 Å². The molecule has 3 heteroatoms. The highest BCUT2D eigenvalue weighted by Crippen LogP contribution is 2.30. The Balaban J connectivity index is 1.66. The molecule has 0 unspecified atom stereocenters. The average Bonchev–Trinajstić information content (AvgIpc) is 2.91. The molecule has 130 valence electrons. The first kappa shape index (κ1) is 17.4. The van der Waals surface area contributed by atoms with Crippen LogP contribution in [0.3, 0.4) is 0 Å². The van der Waals surface area contributed by atoms with Gasteiger partial charge >= 0.3 is 0 Å². The summed E-state index contributed by atoms with van der Waals surface area (Å²) >= 11 is 0. The predicted molar refractivity (Wildman–Crippen MR) is 103 cm³/mol. The van der Waals surface area contributed by atoms with Gasteiger partial charge in [0.25, 0.3) is 0 Å². The Kier molecular flexibility index (Phi) is 5.03. The van der Waals surface area contributed by atoms with Crippen molar-refractivity contribution in [3.05, 3.63) is 71.3 Å². The zero-order chi connectivity index (χ0) is 17.9. The maximum Gasteiger partial charge on any atom is 0.243 e. The van der Waals surface area contributed by atoms with Crippen LogP contribution in [0.1, 0.15) is 49.8 Å². The van der Waals surface area contributed by atoms with Crippen LogP contribution in [0.25, 0.3) is 0 Å². The molecular weight excluding hydrogens is 308 g/mol. The van der Waals surface area contributed by atoms with Gasteiger partial charge in [-0.3, -0.25) is 4.79 Å². The number of benzene rings is 2. The molecule has 0 bridgehead atoms. The average molecular weight is 334 g/mol. The van der Waals surface area contributed by atoms with Crippen LogP contribution in [0.4, 0.5) is 0 Å². The Morgan fingerprint density at radius 2 is 1.88 bits per heavy atom. The Labute approximate surface area is 150 Å². The summed E-state index contributed by atoms with van der Waals surface area (Å²) in [5, 5.41) is 6.38. The van der Waals surface area contributed by atoms with Gasteiger partial charge in [0.1, 0.15) is 0 Å². The summed E-state index contributed by atoms with van der Waals surface area (Å²) in [5.41, 5.74) is 4.35. The minimum atomic E-state index is -0.261. The normalized spacial score (nSPS) is 16.0. The number of carbonyl (C=O) groups excluding carboxylic acids is 1. The third-order valence-corrected chi connectivity index (χ3v) is 4.68. The third kappa shape index (κ3) is 4.16. The van der Waals surface area contributed by atoms with Crippen molar-refractivity contribution < 1.29 is 4.79 Å². The molecule has 0 fully saturated rings. The number of hydrogen-bond donors (Lipinski definition) is 0. The van der Waals surface area contributed by atoms with Crippen molar-refractivity contribution in [3.8, 4) is 0 Å². The number of hydrogen-bond acceptors (Lipinski definition) is 2. The Morgan fingerprint density at radius 3 is 2.60 bits per heavy atom. The maximum absolute atomic E-state index is 12.7. The molecular formula is C22H26N2O. The number of aryl methyl sites for hydroxylation is 2. The first-order chi connectivity index (χ1) is 12.0. The summed E-state index contributed by atoms with van der Waals surface area (Å²) in [6.07, 6.45) is 3.10. The summed E-state index contributed by atoms with van der Waals surface area (Å²) in [5.74, 6) is 0.114. The highest BCUT2D eigenvalue weighted by atomic mass is 16.2. The van der Waals surface area contributed by atoms with Gasteiger partial charge in [-0.1, -0.05) is 60.2 Å². The lowest BCUT2D eigenvalue weighted by Crippen LogP contribution is -2.40. The molecule has 1 heterocycles. The molecule has 0 N–H and O–H groups in total. The number of nitrogens with zero attached hydrogens (tertiary/aromatic N) is 2.